The van der Waals surface area contributed by atoms with Crippen LogP contribution in [-0.2, 0) is 6.54 Å². The highest BCUT2D eigenvalue weighted by Gasteiger charge is 2.08. The molecule has 0 bridgehead atoms. The van der Waals surface area contributed by atoms with E-state index in [1.807, 2.05) is 6.07 Å². The minimum absolute atomic E-state index is 0.819. The molecule has 0 radical (unpaired) electrons. The minimum Gasteiger partial charge on any atom is -0.311 e. The van der Waals surface area contributed by atoms with E-state index in [0.717, 1.165) is 35.0 Å². The number of rotatable bonds is 4. The van der Waals surface area contributed by atoms with Gasteiger partial charge in [0.05, 0.1) is 16.9 Å². The second-order valence-corrected chi connectivity index (χ2v) is 5.62. The lowest BCUT2D eigenvalue weighted by molar-refractivity contribution is 0.715. The number of nitrogens with zero attached hydrogens (tertiary/aromatic N) is 2. The molecule has 4 heteroatoms. The molecule has 0 spiro atoms. The molecule has 2 aromatic heterocycles. The van der Waals surface area contributed by atoms with Gasteiger partial charge < -0.3 is 5.32 Å². The van der Waals surface area contributed by atoms with Crippen molar-refractivity contribution in [3.05, 3.63) is 47.0 Å². The zero-order chi connectivity index (χ0) is 13.9. The van der Waals surface area contributed by atoms with Gasteiger partial charge in [0.25, 0.3) is 0 Å². The molecule has 0 aliphatic heterocycles. The van der Waals surface area contributed by atoms with Gasteiger partial charge in [-0.15, -0.1) is 11.3 Å². The van der Waals surface area contributed by atoms with Crippen molar-refractivity contribution in [3.8, 4) is 10.7 Å². The number of pyridine rings is 1. The van der Waals surface area contributed by atoms with E-state index in [0.29, 0.717) is 0 Å². The lowest BCUT2D eigenvalue weighted by Crippen LogP contribution is -2.11. The Balaban J connectivity index is 1.99. The van der Waals surface area contributed by atoms with E-state index in [4.69, 9.17) is 4.98 Å². The molecule has 3 nitrogen and oxygen atoms in total. The summed E-state index contributed by atoms with van der Waals surface area (Å²) in [4.78, 5) is 9.39. The molecule has 0 fully saturated rings. The van der Waals surface area contributed by atoms with Crippen LogP contribution in [0.25, 0.3) is 21.6 Å². The smallest absolute Gasteiger partial charge is 0.142 e. The molecule has 0 saturated heterocycles. The highest BCUT2D eigenvalue weighted by atomic mass is 32.1. The third-order valence-electron chi connectivity index (χ3n) is 3.25. The summed E-state index contributed by atoms with van der Waals surface area (Å²) in [6.45, 7) is 6.00. The molecule has 0 amide bonds. The summed E-state index contributed by atoms with van der Waals surface area (Å²) in [5.74, 6) is 0. The molecule has 20 heavy (non-hydrogen) atoms. The fourth-order valence-electron chi connectivity index (χ4n) is 2.22. The van der Waals surface area contributed by atoms with E-state index in [2.05, 4.69) is 53.8 Å². The van der Waals surface area contributed by atoms with Gasteiger partial charge in [0.1, 0.15) is 5.01 Å². The monoisotopic (exact) mass is 283 g/mol. The molecule has 2 heterocycles. The maximum atomic E-state index is 4.73. The summed E-state index contributed by atoms with van der Waals surface area (Å²) in [7, 11) is 0. The SMILES string of the molecule is CCNCc1csc(-c2cc(C)c3ccccc3n2)n1. The molecular formula is C16H17N3S. The van der Waals surface area contributed by atoms with Crippen LogP contribution in [0.5, 0.6) is 0 Å². The predicted octanol–water partition coefficient (Wildman–Crippen LogP) is 3.78. The van der Waals surface area contributed by atoms with Crippen LogP contribution < -0.4 is 5.32 Å². The Morgan fingerprint density at radius 2 is 2.05 bits per heavy atom. The molecule has 1 aromatic carbocycles. The van der Waals surface area contributed by atoms with Crippen molar-refractivity contribution in [1.82, 2.24) is 15.3 Å². The van der Waals surface area contributed by atoms with Crippen LogP contribution in [0, 0.1) is 6.92 Å². The highest BCUT2D eigenvalue weighted by Crippen LogP contribution is 2.26. The molecule has 0 atom stereocenters. The van der Waals surface area contributed by atoms with Crippen molar-refractivity contribution in [2.45, 2.75) is 20.4 Å². The largest absolute Gasteiger partial charge is 0.311 e. The van der Waals surface area contributed by atoms with E-state index in [-0.39, 0.29) is 0 Å². The van der Waals surface area contributed by atoms with Gasteiger partial charge in [0.15, 0.2) is 0 Å². The van der Waals surface area contributed by atoms with Crippen LogP contribution in [0.4, 0.5) is 0 Å². The summed E-state index contributed by atoms with van der Waals surface area (Å²) in [6, 6.07) is 10.4. The van der Waals surface area contributed by atoms with Gasteiger partial charge in [-0.25, -0.2) is 9.97 Å². The van der Waals surface area contributed by atoms with Crippen molar-refractivity contribution in [3.63, 3.8) is 0 Å². The Hall–Kier alpha value is -1.78. The predicted molar refractivity (Wildman–Crippen MR) is 85.0 cm³/mol. The van der Waals surface area contributed by atoms with Crippen molar-refractivity contribution in [2.24, 2.45) is 0 Å². The second kappa shape index (κ2) is 5.69. The van der Waals surface area contributed by atoms with Crippen LogP contribution in [0.2, 0.25) is 0 Å². The van der Waals surface area contributed by atoms with Gasteiger partial charge in [0.2, 0.25) is 0 Å². The zero-order valence-corrected chi connectivity index (χ0v) is 12.5. The zero-order valence-electron chi connectivity index (χ0n) is 11.7. The number of aryl methyl sites for hydroxylation is 1. The number of fused-ring (bicyclic) bond motifs is 1. The molecule has 0 unspecified atom stereocenters. The van der Waals surface area contributed by atoms with Crippen LogP contribution in [0.3, 0.4) is 0 Å². The maximum absolute atomic E-state index is 4.73. The van der Waals surface area contributed by atoms with Crippen molar-refractivity contribution in [2.75, 3.05) is 6.54 Å². The summed E-state index contributed by atoms with van der Waals surface area (Å²) < 4.78 is 0. The van der Waals surface area contributed by atoms with E-state index >= 15 is 0 Å². The van der Waals surface area contributed by atoms with Gasteiger partial charge in [-0.05, 0) is 31.2 Å². The lowest BCUT2D eigenvalue weighted by atomic mass is 10.1. The van der Waals surface area contributed by atoms with Gasteiger partial charge in [0, 0.05) is 17.3 Å². The molecule has 3 rings (SSSR count). The van der Waals surface area contributed by atoms with Crippen molar-refractivity contribution in [1.29, 1.82) is 0 Å². The van der Waals surface area contributed by atoms with Gasteiger partial charge in [-0.2, -0.15) is 0 Å². The Morgan fingerprint density at radius 3 is 2.90 bits per heavy atom. The van der Waals surface area contributed by atoms with Crippen LogP contribution in [0.15, 0.2) is 35.7 Å². The number of hydrogen-bond donors (Lipinski definition) is 1. The first-order valence-electron chi connectivity index (χ1n) is 6.80. The van der Waals surface area contributed by atoms with E-state index in [1.165, 1.54) is 10.9 Å². The first-order chi connectivity index (χ1) is 9.78. The summed E-state index contributed by atoms with van der Waals surface area (Å²) in [5, 5.41) is 7.60. The second-order valence-electron chi connectivity index (χ2n) is 4.77. The maximum Gasteiger partial charge on any atom is 0.142 e. The Kier molecular flexibility index (Phi) is 3.76. The Bertz CT molecular complexity index is 733. The Morgan fingerprint density at radius 1 is 1.20 bits per heavy atom. The van der Waals surface area contributed by atoms with Gasteiger partial charge in [-0.3, -0.25) is 0 Å². The third-order valence-corrected chi connectivity index (χ3v) is 4.16. The van der Waals surface area contributed by atoms with Gasteiger partial charge >= 0.3 is 0 Å². The Labute approximate surface area is 122 Å². The number of aromatic nitrogens is 2. The van der Waals surface area contributed by atoms with Crippen molar-refractivity contribution < 1.29 is 0 Å². The molecule has 3 aromatic rings. The first-order valence-corrected chi connectivity index (χ1v) is 7.68. The van der Waals surface area contributed by atoms with Crippen LogP contribution in [-0.4, -0.2) is 16.5 Å². The number of benzene rings is 1. The molecule has 102 valence electrons. The molecule has 0 saturated carbocycles. The minimum atomic E-state index is 0.819. The van der Waals surface area contributed by atoms with Crippen molar-refractivity contribution >= 4 is 22.2 Å². The quantitative estimate of drug-likeness (QED) is 0.792. The van der Waals surface area contributed by atoms with Gasteiger partial charge in [-0.1, -0.05) is 25.1 Å². The normalized spacial score (nSPS) is 11.1. The highest BCUT2D eigenvalue weighted by molar-refractivity contribution is 7.13. The summed E-state index contributed by atoms with van der Waals surface area (Å²) in [5.41, 5.74) is 4.33. The molecular weight excluding hydrogens is 266 g/mol. The van der Waals surface area contributed by atoms with E-state index in [1.54, 1.807) is 11.3 Å². The number of nitrogens with one attached hydrogen (secondary N) is 1. The number of hydrogen-bond acceptors (Lipinski definition) is 4. The number of thiazole rings is 1. The first kappa shape index (κ1) is 13.2. The fraction of sp³-hybridized carbons (Fsp3) is 0.250. The van der Waals surface area contributed by atoms with Crippen LogP contribution in [0.1, 0.15) is 18.2 Å². The fourth-order valence-corrected chi connectivity index (χ4v) is 3.00. The standard InChI is InChI=1S/C16H17N3S/c1-3-17-9-12-10-20-16(18-12)15-8-11(2)13-6-4-5-7-14(13)19-15/h4-8,10,17H,3,9H2,1-2H3. The molecule has 0 aliphatic rings. The molecule has 0 aliphatic carbocycles. The average molecular weight is 283 g/mol. The lowest BCUT2D eigenvalue weighted by Gasteiger charge is -2.04. The number of para-hydroxylation sites is 1. The van der Waals surface area contributed by atoms with E-state index < -0.39 is 0 Å². The average Bonchev–Trinajstić information content (AvgIpc) is 2.94. The topological polar surface area (TPSA) is 37.8 Å². The van der Waals surface area contributed by atoms with E-state index in [9.17, 15) is 0 Å². The molecule has 1 N–H and O–H groups in total. The third kappa shape index (κ3) is 2.57. The summed E-state index contributed by atoms with van der Waals surface area (Å²) in [6.07, 6.45) is 0. The van der Waals surface area contributed by atoms with Crippen LogP contribution >= 0.6 is 11.3 Å². The summed E-state index contributed by atoms with van der Waals surface area (Å²) >= 11 is 1.66.